The van der Waals surface area contributed by atoms with Crippen LogP contribution in [0, 0.1) is 5.82 Å². The minimum Gasteiger partial charge on any atom is -0.423 e. The first-order valence-corrected chi connectivity index (χ1v) is 8.00. The quantitative estimate of drug-likeness (QED) is 0.737. The van der Waals surface area contributed by atoms with Crippen molar-refractivity contribution in [2.45, 2.75) is 18.9 Å². The molecule has 1 aliphatic heterocycles. The van der Waals surface area contributed by atoms with E-state index in [0.29, 0.717) is 23.2 Å². The lowest BCUT2D eigenvalue weighted by Crippen LogP contribution is -2.43. The number of hydrogen-bond donors (Lipinski definition) is 0. The molecular weight excluding hydrogens is 309 g/mol. The van der Waals surface area contributed by atoms with Crippen LogP contribution in [0.2, 0.25) is 0 Å². The van der Waals surface area contributed by atoms with Gasteiger partial charge in [-0.3, -0.25) is 0 Å². The number of halogens is 1. The molecule has 0 amide bonds. The van der Waals surface area contributed by atoms with E-state index in [1.165, 1.54) is 12.1 Å². The molecule has 6 nitrogen and oxygen atoms in total. The third kappa shape index (κ3) is 2.77. The molecule has 0 saturated carbocycles. The van der Waals surface area contributed by atoms with E-state index in [2.05, 4.69) is 31.8 Å². The molecule has 0 spiro atoms. The van der Waals surface area contributed by atoms with Crippen molar-refractivity contribution >= 4 is 22.9 Å². The van der Waals surface area contributed by atoms with Crippen molar-refractivity contribution in [1.29, 1.82) is 0 Å². The first kappa shape index (κ1) is 14.9. The summed E-state index contributed by atoms with van der Waals surface area (Å²) in [6, 6.07) is 7.32. The molecule has 2 aromatic heterocycles. The zero-order valence-corrected chi connectivity index (χ0v) is 13.4. The van der Waals surface area contributed by atoms with Gasteiger partial charge in [-0.15, -0.1) is 0 Å². The van der Waals surface area contributed by atoms with Gasteiger partial charge in [0.2, 0.25) is 0 Å². The van der Waals surface area contributed by atoms with Gasteiger partial charge in [0.05, 0.1) is 0 Å². The summed E-state index contributed by atoms with van der Waals surface area (Å²) in [6.07, 6.45) is 5.28. The Morgan fingerprint density at radius 3 is 2.83 bits per heavy atom. The molecule has 0 radical (unpaired) electrons. The van der Waals surface area contributed by atoms with Gasteiger partial charge >= 0.3 is 0 Å². The summed E-state index contributed by atoms with van der Waals surface area (Å²) >= 11 is 0. The van der Waals surface area contributed by atoms with Crippen molar-refractivity contribution in [2.24, 2.45) is 0 Å². The molecule has 1 aromatic carbocycles. The van der Waals surface area contributed by atoms with Crippen LogP contribution in [0.25, 0.3) is 11.1 Å². The lowest BCUT2D eigenvalue weighted by molar-refractivity contribution is 0.451. The van der Waals surface area contributed by atoms with Gasteiger partial charge in [0.15, 0.2) is 5.58 Å². The van der Waals surface area contributed by atoms with Gasteiger partial charge in [-0.1, -0.05) is 0 Å². The molecule has 0 unspecified atom stereocenters. The first-order chi connectivity index (χ1) is 11.7. The second-order valence-corrected chi connectivity index (χ2v) is 6.01. The summed E-state index contributed by atoms with van der Waals surface area (Å²) in [5, 5.41) is 0. The van der Waals surface area contributed by atoms with Crippen molar-refractivity contribution in [3.05, 3.63) is 42.6 Å². The Bertz CT molecular complexity index is 829. The predicted octanol–water partition coefficient (Wildman–Crippen LogP) is 2.86. The van der Waals surface area contributed by atoms with Crippen molar-refractivity contribution in [3.8, 4) is 0 Å². The summed E-state index contributed by atoms with van der Waals surface area (Å²) in [5.74, 6) is 0.621. The average Bonchev–Trinajstić information content (AvgIpc) is 3.05. The lowest BCUT2D eigenvalue weighted by atomic mass is 10.0. The SMILES string of the molecule is CN(c1ccncn1)C1CCN(c2nc3ccc(F)cc3o2)CC1. The number of hydrogen-bond acceptors (Lipinski definition) is 6. The molecule has 4 rings (SSSR count). The summed E-state index contributed by atoms with van der Waals surface area (Å²) in [6.45, 7) is 1.69. The smallest absolute Gasteiger partial charge is 0.298 e. The van der Waals surface area contributed by atoms with Gasteiger partial charge in [0, 0.05) is 38.4 Å². The molecule has 1 saturated heterocycles. The van der Waals surface area contributed by atoms with Gasteiger partial charge in [-0.05, 0) is 31.0 Å². The van der Waals surface area contributed by atoms with Crippen molar-refractivity contribution < 1.29 is 8.81 Å². The van der Waals surface area contributed by atoms with Crippen LogP contribution in [-0.2, 0) is 0 Å². The largest absolute Gasteiger partial charge is 0.423 e. The van der Waals surface area contributed by atoms with Crippen molar-refractivity contribution in [2.75, 3.05) is 29.9 Å². The van der Waals surface area contributed by atoms with E-state index in [-0.39, 0.29) is 5.82 Å². The molecule has 0 aliphatic carbocycles. The van der Waals surface area contributed by atoms with E-state index in [4.69, 9.17) is 4.42 Å². The number of piperidine rings is 1. The number of oxazole rings is 1. The normalized spacial score (nSPS) is 15.8. The molecule has 3 heterocycles. The zero-order chi connectivity index (χ0) is 16.5. The van der Waals surface area contributed by atoms with Crippen LogP contribution in [-0.4, -0.2) is 41.1 Å². The highest BCUT2D eigenvalue weighted by Gasteiger charge is 2.25. The lowest BCUT2D eigenvalue weighted by Gasteiger charge is -2.36. The second kappa shape index (κ2) is 6.07. The Labute approximate surface area is 138 Å². The Hall–Kier alpha value is -2.70. The molecule has 7 heteroatoms. The predicted molar refractivity (Wildman–Crippen MR) is 89.6 cm³/mol. The highest BCUT2D eigenvalue weighted by Crippen LogP contribution is 2.27. The average molecular weight is 327 g/mol. The van der Waals surface area contributed by atoms with Gasteiger partial charge in [0.25, 0.3) is 6.01 Å². The molecule has 0 bridgehead atoms. The fourth-order valence-corrected chi connectivity index (χ4v) is 3.15. The van der Waals surface area contributed by atoms with Crippen molar-refractivity contribution in [1.82, 2.24) is 15.0 Å². The van der Waals surface area contributed by atoms with Gasteiger partial charge in [-0.2, -0.15) is 4.98 Å². The first-order valence-electron chi connectivity index (χ1n) is 8.00. The van der Waals surface area contributed by atoms with E-state index in [9.17, 15) is 4.39 Å². The summed E-state index contributed by atoms with van der Waals surface area (Å²) < 4.78 is 19.0. The zero-order valence-electron chi connectivity index (χ0n) is 13.4. The van der Waals surface area contributed by atoms with Crippen LogP contribution in [0.1, 0.15) is 12.8 Å². The van der Waals surface area contributed by atoms with Gasteiger partial charge < -0.3 is 14.2 Å². The third-order valence-corrected chi connectivity index (χ3v) is 4.55. The highest BCUT2D eigenvalue weighted by molar-refractivity contribution is 5.74. The van der Waals surface area contributed by atoms with Crippen LogP contribution >= 0.6 is 0 Å². The van der Waals surface area contributed by atoms with Gasteiger partial charge in [0.1, 0.15) is 23.5 Å². The van der Waals surface area contributed by atoms with Crippen LogP contribution < -0.4 is 9.80 Å². The maximum Gasteiger partial charge on any atom is 0.298 e. The number of benzene rings is 1. The maximum atomic E-state index is 13.3. The van der Waals surface area contributed by atoms with Crippen LogP contribution in [0.3, 0.4) is 0 Å². The Morgan fingerprint density at radius 2 is 2.08 bits per heavy atom. The topological polar surface area (TPSA) is 58.3 Å². The fourth-order valence-electron chi connectivity index (χ4n) is 3.15. The Balaban J connectivity index is 1.45. The Morgan fingerprint density at radius 1 is 1.25 bits per heavy atom. The summed E-state index contributed by atoms with van der Waals surface area (Å²) in [4.78, 5) is 17.0. The number of fused-ring (bicyclic) bond motifs is 1. The van der Waals surface area contributed by atoms with Crippen LogP contribution in [0.5, 0.6) is 0 Å². The van der Waals surface area contributed by atoms with E-state index < -0.39 is 0 Å². The van der Waals surface area contributed by atoms with E-state index in [1.807, 2.05) is 6.07 Å². The number of rotatable bonds is 3. The third-order valence-electron chi connectivity index (χ3n) is 4.55. The fraction of sp³-hybridized carbons (Fsp3) is 0.353. The second-order valence-electron chi connectivity index (χ2n) is 6.01. The molecular formula is C17H18FN5O. The van der Waals surface area contributed by atoms with Gasteiger partial charge in [-0.25, -0.2) is 14.4 Å². The molecule has 3 aromatic rings. The molecule has 124 valence electrons. The van der Waals surface area contributed by atoms with Crippen LogP contribution in [0.4, 0.5) is 16.2 Å². The number of aromatic nitrogens is 3. The molecule has 24 heavy (non-hydrogen) atoms. The Kier molecular flexibility index (Phi) is 3.76. The van der Waals surface area contributed by atoms with Crippen LogP contribution in [0.15, 0.2) is 41.2 Å². The molecule has 0 atom stereocenters. The monoisotopic (exact) mass is 327 g/mol. The molecule has 0 N–H and O–H groups in total. The minimum absolute atomic E-state index is 0.310. The molecule has 1 fully saturated rings. The van der Waals surface area contributed by atoms with E-state index in [0.717, 1.165) is 31.7 Å². The summed E-state index contributed by atoms with van der Waals surface area (Å²) in [5.41, 5.74) is 1.18. The van der Waals surface area contributed by atoms with E-state index >= 15 is 0 Å². The standard InChI is InChI=1S/C17H18FN5O/c1-22(16-4-7-19-11-20-16)13-5-8-23(9-6-13)17-21-14-3-2-12(18)10-15(14)24-17/h2-4,7,10-11,13H,5-6,8-9H2,1H3. The molecule has 1 aliphatic rings. The minimum atomic E-state index is -0.310. The maximum absolute atomic E-state index is 13.3. The van der Waals surface area contributed by atoms with Crippen molar-refractivity contribution in [3.63, 3.8) is 0 Å². The highest BCUT2D eigenvalue weighted by atomic mass is 19.1. The number of nitrogens with zero attached hydrogens (tertiary/aromatic N) is 5. The number of anilines is 2. The van der Waals surface area contributed by atoms with E-state index in [1.54, 1.807) is 18.6 Å². The summed E-state index contributed by atoms with van der Waals surface area (Å²) in [7, 11) is 2.06.